The molecule has 2 aliphatic rings. The molecule has 6 unspecified atom stereocenters. The molecule has 2 aromatic carbocycles. The van der Waals surface area contributed by atoms with Gasteiger partial charge in [-0.15, -0.1) is 0 Å². The van der Waals surface area contributed by atoms with Crippen LogP contribution in [0.5, 0.6) is 11.5 Å². The first kappa shape index (κ1) is 27.2. The van der Waals surface area contributed by atoms with E-state index in [0.717, 1.165) is 0 Å². The Morgan fingerprint density at radius 1 is 1.05 bits per heavy atom. The van der Waals surface area contributed by atoms with Crippen LogP contribution in [0, 0.1) is 11.7 Å². The molecule has 6 atom stereocenters. The number of fused-ring (bicyclic) bond motifs is 1. The molecule has 1 saturated heterocycles. The molecule has 2 aromatic rings. The van der Waals surface area contributed by atoms with Gasteiger partial charge in [0.1, 0.15) is 41.7 Å². The molecule has 4 N–H and O–H groups in total. The van der Waals surface area contributed by atoms with Gasteiger partial charge in [0, 0.05) is 11.1 Å². The van der Waals surface area contributed by atoms with Gasteiger partial charge < -0.3 is 34.6 Å². The maximum atomic E-state index is 15.3. The molecule has 9 heteroatoms. The number of methoxy groups -OCH3 is 1. The molecule has 4 rings (SSSR count). The fourth-order valence-electron chi connectivity index (χ4n) is 5.03. The van der Waals surface area contributed by atoms with Crippen molar-refractivity contribution < 1.29 is 43.8 Å². The highest BCUT2D eigenvalue weighted by Crippen LogP contribution is 2.39. The molecule has 0 aromatic heterocycles. The first-order valence-corrected chi connectivity index (χ1v) is 12.4. The van der Waals surface area contributed by atoms with Crippen LogP contribution in [0.1, 0.15) is 41.3 Å². The van der Waals surface area contributed by atoms with Gasteiger partial charge in [0.15, 0.2) is 5.78 Å². The second-order valence-electron chi connectivity index (χ2n) is 9.42. The maximum absolute atomic E-state index is 15.3. The summed E-state index contributed by atoms with van der Waals surface area (Å²) in [4.78, 5) is 13.8. The highest BCUT2D eigenvalue weighted by Gasteiger charge is 2.46. The van der Waals surface area contributed by atoms with Crippen molar-refractivity contribution in [3.63, 3.8) is 0 Å². The molecule has 0 amide bonds. The second kappa shape index (κ2) is 11.7. The van der Waals surface area contributed by atoms with Gasteiger partial charge in [-0.3, -0.25) is 4.79 Å². The van der Waals surface area contributed by atoms with E-state index in [1.54, 1.807) is 30.3 Å². The van der Waals surface area contributed by atoms with Crippen molar-refractivity contribution in [2.24, 2.45) is 5.92 Å². The predicted octanol–water partition coefficient (Wildman–Crippen LogP) is 2.29. The number of rotatable bonds is 7. The summed E-state index contributed by atoms with van der Waals surface area (Å²) < 4.78 is 32.3. The molecule has 37 heavy (non-hydrogen) atoms. The summed E-state index contributed by atoms with van der Waals surface area (Å²) in [6.45, 7) is 1.73. The smallest absolute Gasteiger partial charge is 0.196 e. The zero-order chi connectivity index (χ0) is 26.7. The van der Waals surface area contributed by atoms with Gasteiger partial charge in [-0.1, -0.05) is 25.1 Å². The van der Waals surface area contributed by atoms with Crippen molar-refractivity contribution in [3.05, 3.63) is 65.0 Å². The zero-order valence-electron chi connectivity index (χ0n) is 20.8. The van der Waals surface area contributed by atoms with Crippen LogP contribution in [0.2, 0.25) is 0 Å². The van der Waals surface area contributed by atoms with Gasteiger partial charge in [0.05, 0.1) is 32.0 Å². The van der Waals surface area contributed by atoms with Crippen LogP contribution < -0.4 is 9.47 Å². The van der Waals surface area contributed by atoms with Crippen LogP contribution in [-0.4, -0.2) is 77.1 Å². The van der Waals surface area contributed by atoms with E-state index >= 15 is 4.39 Å². The van der Waals surface area contributed by atoms with E-state index < -0.39 is 54.6 Å². The van der Waals surface area contributed by atoms with Crippen molar-refractivity contribution in [2.45, 2.75) is 56.7 Å². The molecular weight excluding hydrogens is 483 g/mol. The lowest BCUT2D eigenvalue weighted by molar-refractivity contribution is -0.240. The fraction of sp³-hybridized carbons (Fsp3) is 0.464. The average molecular weight is 517 g/mol. The minimum Gasteiger partial charge on any atom is -0.497 e. The third kappa shape index (κ3) is 5.42. The third-order valence-electron chi connectivity index (χ3n) is 7.04. The van der Waals surface area contributed by atoms with Crippen molar-refractivity contribution in [3.8, 4) is 11.5 Å². The molecule has 8 nitrogen and oxygen atoms in total. The molecule has 200 valence electrons. The summed E-state index contributed by atoms with van der Waals surface area (Å²) in [5.74, 6) is -0.775. The summed E-state index contributed by atoms with van der Waals surface area (Å²) >= 11 is 0. The number of aliphatic hydroxyl groups excluding tert-OH is 4. The normalized spacial score (nSPS) is 28.1. The molecule has 0 spiro atoms. The summed E-state index contributed by atoms with van der Waals surface area (Å²) in [5, 5.41) is 41.1. The molecule has 1 aliphatic carbocycles. The number of ether oxygens (including phenoxy) is 3. The number of aliphatic hydroxyl groups is 4. The quantitative estimate of drug-likeness (QED) is 0.442. The van der Waals surface area contributed by atoms with Gasteiger partial charge in [0.25, 0.3) is 0 Å². The number of hydrogen-bond donors (Lipinski definition) is 4. The average Bonchev–Trinajstić information content (AvgIpc) is 2.90. The van der Waals surface area contributed by atoms with Gasteiger partial charge in [-0.2, -0.15) is 0 Å². The Bertz CT molecular complexity index is 1130. The molecule has 0 saturated carbocycles. The van der Waals surface area contributed by atoms with Gasteiger partial charge in [-0.25, -0.2) is 4.39 Å². The Labute approximate surface area is 214 Å². The number of carbonyl (C=O) groups excluding carboxylic acids is 1. The number of benzene rings is 2. The van der Waals surface area contributed by atoms with Gasteiger partial charge in [-0.05, 0) is 55.0 Å². The largest absolute Gasteiger partial charge is 0.497 e. The Balaban J connectivity index is 1.83. The Hall–Kier alpha value is -2.82. The van der Waals surface area contributed by atoms with Crippen molar-refractivity contribution in [1.29, 1.82) is 0 Å². The lowest BCUT2D eigenvalue weighted by Gasteiger charge is -2.43. The van der Waals surface area contributed by atoms with E-state index in [9.17, 15) is 25.2 Å². The number of halogens is 1. The number of ketones is 1. The summed E-state index contributed by atoms with van der Waals surface area (Å²) in [6.07, 6.45) is -3.87. The molecule has 0 bridgehead atoms. The van der Waals surface area contributed by atoms with Crippen LogP contribution >= 0.6 is 0 Å². The SMILES string of the molecule is CCCOc1ccc(F)c2c1CC(C1OC(CO)C(O)C(O)C1O)CC=C(c1ccc(OC)cc1)C2=O. The first-order chi connectivity index (χ1) is 17.8. The number of hydrogen-bond acceptors (Lipinski definition) is 8. The molecule has 1 fully saturated rings. The van der Waals surface area contributed by atoms with Crippen LogP contribution in [0.4, 0.5) is 4.39 Å². The van der Waals surface area contributed by atoms with Crippen LogP contribution in [-0.2, 0) is 11.2 Å². The van der Waals surface area contributed by atoms with Crippen LogP contribution in [0.3, 0.4) is 0 Å². The van der Waals surface area contributed by atoms with Crippen molar-refractivity contribution in [2.75, 3.05) is 20.3 Å². The highest BCUT2D eigenvalue weighted by molar-refractivity contribution is 6.29. The second-order valence-corrected chi connectivity index (χ2v) is 9.42. The predicted molar refractivity (Wildman–Crippen MR) is 133 cm³/mol. The minimum absolute atomic E-state index is 0.104. The van der Waals surface area contributed by atoms with E-state index in [-0.39, 0.29) is 24.0 Å². The van der Waals surface area contributed by atoms with Crippen molar-refractivity contribution >= 4 is 11.4 Å². The number of carbonyl (C=O) groups is 1. The monoisotopic (exact) mass is 516 g/mol. The van der Waals surface area contributed by atoms with Gasteiger partial charge in [0.2, 0.25) is 0 Å². The lowest BCUT2D eigenvalue weighted by atomic mass is 9.78. The summed E-state index contributed by atoms with van der Waals surface area (Å²) in [7, 11) is 1.53. The van der Waals surface area contributed by atoms with Gasteiger partial charge >= 0.3 is 0 Å². The standard InChI is InChI=1S/C28H33FO8/c1-3-12-36-21-11-10-20(29)23-19(21)13-16(28-27(34)26(33)25(32)22(14-30)37-28)6-9-18(24(23)31)15-4-7-17(35-2)8-5-15/h4-5,7-11,16,22,25-28,30,32-34H,3,6,12-14H2,1-2H3. The third-order valence-corrected chi connectivity index (χ3v) is 7.04. The van der Waals surface area contributed by atoms with Crippen LogP contribution in [0.25, 0.3) is 5.57 Å². The molecule has 0 radical (unpaired) electrons. The van der Waals surface area contributed by atoms with Crippen molar-refractivity contribution in [1.82, 2.24) is 0 Å². The molecule has 1 aliphatic heterocycles. The first-order valence-electron chi connectivity index (χ1n) is 12.4. The molecular formula is C28H33FO8. The zero-order valence-corrected chi connectivity index (χ0v) is 20.8. The Kier molecular flexibility index (Phi) is 8.61. The maximum Gasteiger partial charge on any atom is 0.196 e. The number of Topliss-reactive ketones (excluding diaryl/α,β-unsaturated/α-hetero) is 1. The fourth-order valence-corrected chi connectivity index (χ4v) is 5.03. The van der Waals surface area contributed by atoms with E-state index in [2.05, 4.69) is 0 Å². The topological polar surface area (TPSA) is 126 Å². The van der Waals surface area contributed by atoms with E-state index in [1.165, 1.54) is 19.2 Å². The van der Waals surface area contributed by atoms with E-state index in [4.69, 9.17) is 14.2 Å². The summed E-state index contributed by atoms with van der Waals surface area (Å²) in [5.41, 5.74) is 1.06. The van der Waals surface area contributed by atoms with E-state index in [0.29, 0.717) is 35.7 Å². The Morgan fingerprint density at radius 2 is 1.78 bits per heavy atom. The Morgan fingerprint density at radius 3 is 2.43 bits per heavy atom. The van der Waals surface area contributed by atoms with Crippen LogP contribution in [0.15, 0.2) is 42.5 Å². The summed E-state index contributed by atoms with van der Waals surface area (Å²) in [6, 6.07) is 9.52. The lowest BCUT2D eigenvalue weighted by Crippen LogP contribution is -2.60. The highest BCUT2D eigenvalue weighted by atomic mass is 19.1. The molecule has 1 heterocycles. The number of allylic oxidation sites excluding steroid dienone is 2. The van der Waals surface area contributed by atoms with E-state index in [1.807, 2.05) is 6.92 Å². The minimum atomic E-state index is -1.55.